The van der Waals surface area contributed by atoms with Crippen molar-refractivity contribution in [3.05, 3.63) is 41.7 Å². The molecule has 0 amide bonds. The molecule has 0 aliphatic carbocycles. The summed E-state index contributed by atoms with van der Waals surface area (Å²) in [7, 11) is 0. The van der Waals surface area contributed by atoms with E-state index < -0.39 is 6.10 Å². The molecule has 0 radical (unpaired) electrons. The van der Waals surface area contributed by atoms with E-state index >= 15 is 0 Å². The topological polar surface area (TPSA) is 33.1 Å². The van der Waals surface area contributed by atoms with Gasteiger partial charge in [0.05, 0.1) is 11.8 Å². The number of hydrogen-bond donors (Lipinski definition) is 1. The Morgan fingerprint density at radius 3 is 2.76 bits per heavy atom. The molecule has 1 N–H and O–H groups in total. The van der Waals surface area contributed by atoms with Crippen LogP contribution in [0.25, 0.3) is 0 Å². The zero-order valence-corrected chi connectivity index (χ0v) is 10.9. The first-order valence-corrected chi connectivity index (χ1v) is 6.37. The van der Waals surface area contributed by atoms with Crippen LogP contribution in [0, 0.1) is 13.8 Å². The van der Waals surface area contributed by atoms with Crippen molar-refractivity contribution in [2.45, 2.75) is 52.1 Å². The zero-order chi connectivity index (χ0) is 12.7. The molecular weight excluding hydrogens is 210 g/mol. The van der Waals surface area contributed by atoms with Gasteiger partial charge < -0.3 is 5.11 Å². The molecule has 0 aliphatic heterocycles. The van der Waals surface area contributed by atoms with Crippen LogP contribution in [0.4, 0.5) is 0 Å². The molecule has 17 heavy (non-hydrogen) atoms. The van der Waals surface area contributed by atoms with Crippen molar-refractivity contribution in [2.24, 2.45) is 0 Å². The number of rotatable bonds is 7. The summed E-state index contributed by atoms with van der Waals surface area (Å²) in [6, 6.07) is 2.07. The van der Waals surface area contributed by atoms with Crippen LogP contribution in [0.3, 0.4) is 0 Å². The monoisotopic (exact) mass is 233 g/mol. The molecule has 0 fully saturated rings. The van der Waals surface area contributed by atoms with Gasteiger partial charge in [0.15, 0.2) is 0 Å². The van der Waals surface area contributed by atoms with Gasteiger partial charge in [-0.15, -0.1) is 6.58 Å². The van der Waals surface area contributed by atoms with Gasteiger partial charge in [-0.25, -0.2) is 0 Å². The molecule has 0 saturated heterocycles. The summed E-state index contributed by atoms with van der Waals surface area (Å²) in [5, 5.41) is 10.1. The van der Waals surface area contributed by atoms with E-state index in [1.807, 2.05) is 26.1 Å². The van der Waals surface area contributed by atoms with Crippen LogP contribution in [0.15, 0.2) is 24.9 Å². The predicted molar refractivity (Wildman–Crippen MR) is 72.0 cm³/mol. The molecule has 0 bridgehead atoms. The second-order valence-electron chi connectivity index (χ2n) is 4.66. The van der Waals surface area contributed by atoms with Crippen LogP contribution in [0.1, 0.15) is 55.0 Å². The third kappa shape index (κ3) is 4.70. The van der Waals surface area contributed by atoms with E-state index in [0.29, 0.717) is 0 Å². The number of pyridine rings is 1. The highest BCUT2D eigenvalue weighted by molar-refractivity contribution is 5.24. The lowest BCUT2D eigenvalue weighted by atomic mass is 10.0. The number of hydrogen-bond acceptors (Lipinski definition) is 2. The first kappa shape index (κ1) is 13.9. The molecule has 2 nitrogen and oxygen atoms in total. The fourth-order valence-electron chi connectivity index (χ4n) is 2.01. The fraction of sp³-hybridized carbons (Fsp3) is 0.533. The quantitative estimate of drug-likeness (QED) is 0.573. The van der Waals surface area contributed by atoms with Gasteiger partial charge in [0.25, 0.3) is 0 Å². The lowest BCUT2D eigenvalue weighted by Gasteiger charge is -2.12. The van der Waals surface area contributed by atoms with Crippen molar-refractivity contribution in [3.63, 3.8) is 0 Å². The van der Waals surface area contributed by atoms with Crippen LogP contribution in [0.5, 0.6) is 0 Å². The second-order valence-corrected chi connectivity index (χ2v) is 4.66. The van der Waals surface area contributed by atoms with Gasteiger partial charge in [-0.1, -0.05) is 25.0 Å². The molecule has 2 heteroatoms. The summed E-state index contributed by atoms with van der Waals surface area (Å²) < 4.78 is 0. The van der Waals surface area contributed by atoms with E-state index in [1.165, 1.54) is 0 Å². The van der Waals surface area contributed by atoms with Crippen LogP contribution in [-0.4, -0.2) is 10.1 Å². The third-order valence-corrected chi connectivity index (χ3v) is 2.96. The molecule has 1 aromatic rings. The Morgan fingerprint density at radius 1 is 1.35 bits per heavy atom. The number of aryl methyl sites for hydroxylation is 2. The summed E-state index contributed by atoms with van der Waals surface area (Å²) in [4.78, 5) is 4.33. The molecule has 94 valence electrons. The maximum atomic E-state index is 10.1. The first-order valence-electron chi connectivity index (χ1n) is 6.37. The largest absolute Gasteiger partial charge is 0.387 e. The van der Waals surface area contributed by atoms with Crippen molar-refractivity contribution in [1.82, 2.24) is 4.98 Å². The van der Waals surface area contributed by atoms with E-state index in [-0.39, 0.29) is 0 Å². The Bertz CT molecular complexity index is 360. The molecule has 1 rings (SSSR count). The smallest absolute Gasteiger partial charge is 0.0962 e. The summed E-state index contributed by atoms with van der Waals surface area (Å²) in [6.45, 7) is 7.73. The van der Waals surface area contributed by atoms with Crippen LogP contribution in [-0.2, 0) is 0 Å². The highest BCUT2D eigenvalue weighted by Crippen LogP contribution is 2.21. The van der Waals surface area contributed by atoms with Gasteiger partial charge in [-0.05, 0) is 44.2 Å². The molecule has 0 spiro atoms. The molecule has 0 aliphatic rings. The average Bonchev–Trinajstić information content (AvgIpc) is 2.28. The number of aliphatic hydroxyl groups is 1. The average molecular weight is 233 g/mol. The van der Waals surface area contributed by atoms with Gasteiger partial charge in [0, 0.05) is 6.20 Å². The van der Waals surface area contributed by atoms with Crippen molar-refractivity contribution in [3.8, 4) is 0 Å². The van der Waals surface area contributed by atoms with Crippen molar-refractivity contribution < 1.29 is 5.11 Å². The van der Waals surface area contributed by atoms with Crippen LogP contribution in [0.2, 0.25) is 0 Å². The summed E-state index contributed by atoms with van der Waals surface area (Å²) >= 11 is 0. The Labute approximate surface area is 104 Å². The number of unbranched alkanes of at least 4 members (excludes halogenated alkanes) is 3. The van der Waals surface area contributed by atoms with Crippen LogP contribution < -0.4 is 0 Å². The standard InChI is InChI=1S/C15H23NO/c1-4-5-6-7-8-9-14(17)15-13(3)10-12(2)11-16-15/h4,10-11,14,17H,1,5-9H2,2-3H3. The lowest BCUT2D eigenvalue weighted by molar-refractivity contribution is 0.158. The maximum absolute atomic E-state index is 10.1. The van der Waals surface area contributed by atoms with Gasteiger partial charge in [0.2, 0.25) is 0 Å². The zero-order valence-electron chi connectivity index (χ0n) is 10.9. The SMILES string of the molecule is C=CCCCCCC(O)c1ncc(C)cc1C. The van der Waals surface area contributed by atoms with E-state index in [1.54, 1.807) is 0 Å². The number of allylic oxidation sites excluding steroid dienone is 1. The Hall–Kier alpha value is -1.15. The molecule has 1 atom stereocenters. The molecule has 0 aromatic carbocycles. The van der Waals surface area contributed by atoms with Crippen molar-refractivity contribution >= 4 is 0 Å². The summed E-state index contributed by atoms with van der Waals surface area (Å²) in [6.07, 6.45) is 8.57. The van der Waals surface area contributed by atoms with E-state index in [0.717, 1.165) is 48.9 Å². The molecule has 1 aromatic heterocycles. The number of nitrogens with zero attached hydrogens (tertiary/aromatic N) is 1. The van der Waals surface area contributed by atoms with Gasteiger partial charge >= 0.3 is 0 Å². The van der Waals surface area contributed by atoms with E-state index in [9.17, 15) is 5.11 Å². The molecule has 1 unspecified atom stereocenters. The normalized spacial score (nSPS) is 12.4. The predicted octanol–water partition coefficient (Wildman–Crippen LogP) is 3.87. The summed E-state index contributed by atoms with van der Waals surface area (Å²) in [5.74, 6) is 0. The van der Waals surface area contributed by atoms with Gasteiger partial charge in [-0.2, -0.15) is 0 Å². The van der Waals surface area contributed by atoms with E-state index in [4.69, 9.17) is 0 Å². The fourth-order valence-corrected chi connectivity index (χ4v) is 2.01. The lowest BCUT2D eigenvalue weighted by Crippen LogP contribution is -2.03. The maximum Gasteiger partial charge on any atom is 0.0962 e. The van der Waals surface area contributed by atoms with Gasteiger partial charge in [0.1, 0.15) is 0 Å². The second kappa shape index (κ2) is 7.23. The van der Waals surface area contributed by atoms with E-state index in [2.05, 4.69) is 17.6 Å². The first-order chi connectivity index (χ1) is 8.15. The molecule has 1 heterocycles. The van der Waals surface area contributed by atoms with Crippen molar-refractivity contribution in [1.29, 1.82) is 0 Å². The number of aliphatic hydroxyl groups excluding tert-OH is 1. The van der Waals surface area contributed by atoms with Gasteiger partial charge in [-0.3, -0.25) is 4.98 Å². The molecular formula is C15H23NO. The Morgan fingerprint density at radius 2 is 2.12 bits per heavy atom. The van der Waals surface area contributed by atoms with Crippen LogP contribution >= 0.6 is 0 Å². The Balaban J connectivity index is 2.41. The molecule has 0 saturated carbocycles. The minimum absolute atomic E-state index is 0.417. The summed E-state index contributed by atoms with van der Waals surface area (Å²) in [5.41, 5.74) is 3.06. The van der Waals surface area contributed by atoms with Crippen molar-refractivity contribution in [2.75, 3.05) is 0 Å². The highest BCUT2D eigenvalue weighted by atomic mass is 16.3. The number of aromatic nitrogens is 1. The minimum atomic E-state index is -0.417. The highest BCUT2D eigenvalue weighted by Gasteiger charge is 2.11. The third-order valence-electron chi connectivity index (χ3n) is 2.96. The Kier molecular flexibility index (Phi) is 5.92. The minimum Gasteiger partial charge on any atom is -0.387 e.